The van der Waals surface area contributed by atoms with Crippen molar-refractivity contribution >= 4 is 44.9 Å². The van der Waals surface area contributed by atoms with E-state index in [9.17, 15) is 19.5 Å². The van der Waals surface area contributed by atoms with Crippen molar-refractivity contribution in [3.63, 3.8) is 0 Å². The van der Waals surface area contributed by atoms with Crippen molar-refractivity contribution in [1.82, 2.24) is 0 Å². The molecule has 1 saturated carbocycles. The highest BCUT2D eigenvalue weighted by Gasteiger charge is 2.56. The number of halogens is 1. The summed E-state index contributed by atoms with van der Waals surface area (Å²) in [4.78, 5) is 42.2. The Kier molecular flexibility index (Phi) is 10.2. The minimum Gasteiger partial charge on any atom is -0.493 e. The van der Waals surface area contributed by atoms with Crippen LogP contribution in [-0.2, 0) is 14.4 Å². The van der Waals surface area contributed by atoms with Gasteiger partial charge in [0.2, 0.25) is 11.8 Å². The SMILES string of the molecule is CCCOc1c(Br)cc(C2C(C(=O)Nc3cc(C)ccc3C)C(=O)CC(C)(O)C2C(=O)Nc2cc(C)ccc2C)cc1OC. The number of ketones is 1. The van der Waals surface area contributed by atoms with Crippen molar-refractivity contribution in [2.75, 3.05) is 24.4 Å². The fourth-order valence-corrected chi connectivity index (χ4v) is 6.50. The van der Waals surface area contributed by atoms with Crippen LogP contribution in [0.2, 0.25) is 0 Å². The van der Waals surface area contributed by atoms with Gasteiger partial charge in [-0.15, -0.1) is 0 Å². The van der Waals surface area contributed by atoms with Gasteiger partial charge >= 0.3 is 0 Å². The number of hydrogen-bond acceptors (Lipinski definition) is 6. The summed E-state index contributed by atoms with van der Waals surface area (Å²) >= 11 is 3.58. The lowest BCUT2D eigenvalue weighted by Gasteiger charge is -2.44. The maximum atomic E-state index is 14.2. The molecule has 3 aromatic rings. The van der Waals surface area contributed by atoms with E-state index in [0.29, 0.717) is 39.5 Å². The van der Waals surface area contributed by atoms with Crippen molar-refractivity contribution in [1.29, 1.82) is 0 Å². The molecule has 0 heterocycles. The number of carbonyl (C=O) groups excluding carboxylic acids is 3. The van der Waals surface area contributed by atoms with Crippen LogP contribution in [0.4, 0.5) is 11.4 Å². The van der Waals surface area contributed by atoms with Crippen molar-refractivity contribution < 1.29 is 29.0 Å². The molecule has 1 fully saturated rings. The van der Waals surface area contributed by atoms with E-state index < -0.39 is 41.0 Å². The molecule has 3 N–H and O–H groups in total. The van der Waals surface area contributed by atoms with Gasteiger partial charge in [0.1, 0.15) is 11.7 Å². The topological polar surface area (TPSA) is 114 Å². The van der Waals surface area contributed by atoms with Crippen molar-refractivity contribution in [2.24, 2.45) is 11.8 Å². The van der Waals surface area contributed by atoms with Gasteiger partial charge in [-0.1, -0.05) is 31.2 Å². The molecule has 0 radical (unpaired) electrons. The van der Waals surface area contributed by atoms with Gasteiger partial charge < -0.3 is 25.2 Å². The fourth-order valence-electron chi connectivity index (χ4n) is 5.93. The summed E-state index contributed by atoms with van der Waals surface area (Å²) in [5.41, 5.74) is 3.49. The molecule has 0 saturated heterocycles. The minimum atomic E-state index is -1.75. The molecule has 0 aromatic heterocycles. The highest BCUT2D eigenvalue weighted by atomic mass is 79.9. The number of anilines is 2. The first kappa shape index (κ1) is 33.2. The Morgan fingerprint density at radius 3 is 2.07 bits per heavy atom. The standard InChI is InChI=1S/C35H41BrN2O6/c1-8-13-44-32-24(36)16-23(17-28(32)43-7)29-30(33(40)37-25-14-19(2)9-11-21(25)4)27(39)18-35(6,42)31(29)34(41)38-26-15-20(3)10-12-22(26)5/h9-12,14-17,29-31,42H,8,13,18H2,1-7H3,(H,37,40)(H,38,41). The molecule has 4 rings (SSSR count). The van der Waals surface area contributed by atoms with Crippen molar-refractivity contribution in [3.05, 3.63) is 80.8 Å². The van der Waals surface area contributed by atoms with E-state index in [1.807, 2.05) is 71.0 Å². The molecule has 8 nitrogen and oxygen atoms in total. The molecular formula is C35H41BrN2O6. The average Bonchev–Trinajstić information content (AvgIpc) is 2.94. The predicted molar refractivity (Wildman–Crippen MR) is 176 cm³/mol. The number of carbonyl (C=O) groups is 3. The van der Waals surface area contributed by atoms with E-state index in [4.69, 9.17) is 9.47 Å². The zero-order valence-electron chi connectivity index (χ0n) is 26.3. The number of methoxy groups -OCH3 is 1. The van der Waals surface area contributed by atoms with Crippen LogP contribution < -0.4 is 20.1 Å². The summed E-state index contributed by atoms with van der Waals surface area (Å²) in [5, 5.41) is 17.7. The van der Waals surface area contributed by atoms with Crippen LogP contribution in [-0.4, -0.2) is 42.0 Å². The van der Waals surface area contributed by atoms with Gasteiger partial charge in [0.25, 0.3) is 0 Å². The molecule has 1 aliphatic carbocycles. The van der Waals surface area contributed by atoms with Crippen LogP contribution in [0.5, 0.6) is 11.5 Å². The van der Waals surface area contributed by atoms with E-state index in [0.717, 1.165) is 28.7 Å². The summed E-state index contributed by atoms with van der Waals surface area (Å²) < 4.78 is 12.1. The fraction of sp³-hybridized carbons (Fsp3) is 0.400. The summed E-state index contributed by atoms with van der Waals surface area (Å²) in [5.74, 6) is -4.13. The number of nitrogens with one attached hydrogen (secondary N) is 2. The Morgan fingerprint density at radius 2 is 1.52 bits per heavy atom. The van der Waals surface area contributed by atoms with Gasteiger partial charge in [0, 0.05) is 23.7 Å². The van der Waals surface area contributed by atoms with Gasteiger partial charge in [-0.05, 0) is 109 Å². The average molecular weight is 666 g/mol. The maximum Gasteiger partial charge on any atom is 0.235 e. The van der Waals surface area contributed by atoms with Crippen molar-refractivity contribution in [2.45, 2.75) is 65.9 Å². The third kappa shape index (κ3) is 7.00. The number of aliphatic hydroxyl groups is 1. The lowest BCUT2D eigenvalue weighted by Crippen LogP contribution is -2.56. The highest BCUT2D eigenvalue weighted by Crippen LogP contribution is 2.49. The van der Waals surface area contributed by atoms with Crippen molar-refractivity contribution in [3.8, 4) is 11.5 Å². The molecule has 0 spiro atoms. The molecule has 2 amide bonds. The zero-order chi connectivity index (χ0) is 32.3. The second kappa shape index (κ2) is 13.5. The second-order valence-electron chi connectivity index (χ2n) is 12.0. The number of amides is 2. The quantitative estimate of drug-likeness (QED) is 0.217. The third-order valence-corrected chi connectivity index (χ3v) is 8.81. The van der Waals surface area contributed by atoms with E-state index in [1.54, 1.807) is 12.1 Å². The Balaban J connectivity index is 1.88. The first-order valence-corrected chi connectivity index (χ1v) is 15.6. The zero-order valence-corrected chi connectivity index (χ0v) is 27.9. The van der Waals surface area contributed by atoms with Gasteiger partial charge in [-0.3, -0.25) is 14.4 Å². The molecule has 0 bridgehead atoms. The van der Waals surface area contributed by atoms with E-state index >= 15 is 0 Å². The second-order valence-corrected chi connectivity index (χ2v) is 12.8. The Hall–Kier alpha value is -3.69. The normalized spacial score (nSPS) is 21.5. The molecule has 234 valence electrons. The Bertz CT molecular complexity index is 1580. The lowest BCUT2D eigenvalue weighted by atomic mass is 9.61. The largest absolute Gasteiger partial charge is 0.493 e. The highest BCUT2D eigenvalue weighted by molar-refractivity contribution is 9.10. The first-order chi connectivity index (χ1) is 20.8. The summed E-state index contributed by atoms with van der Waals surface area (Å²) in [6, 6.07) is 14.8. The maximum absolute atomic E-state index is 14.2. The number of Topliss-reactive ketones (excluding diaryl/α,β-unsaturated/α-hetero) is 1. The Morgan fingerprint density at radius 1 is 0.955 bits per heavy atom. The van der Waals surface area contributed by atoms with E-state index in [-0.39, 0.29) is 6.42 Å². The minimum absolute atomic E-state index is 0.366. The molecule has 4 unspecified atom stereocenters. The molecular weight excluding hydrogens is 624 g/mol. The number of rotatable bonds is 9. The van der Waals surface area contributed by atoms with E-state index in [2.05, 4.69) is 26.6 Å². The van der Waals surface area contributed by atoms with Crippen LogP contribution in [0.3, 0.4) is 0 Å². The molecule has 0 aliphatic heterocycles. The van der Waals surface area contributed by atoms with Gasteiger partial charge in [0.15, 0.2) is 11.5 Å². The number of hydrogen-bond donors (Lipinski definition) is 3. The van der Waals surface area contributed by atoms with Crippen LogP contribution >= 0.6 is 15.9 Å². The number of ether oxygens (including phenoxy) is 2. The predicted octanol–water partition coefficient (Wildman–Crippen LogP) is 6.80. The lowest BCUT2D eigenvalue weighted by molar-refractivity contribution is -0.150. The van der Waals surface area contributed by atoms with Gasteiger partial charge in [0.05, 0.1) is 29.7 Å². The molecule has 9 heteroatoms. The van der Waals surface area contributed by atoms with Crippen LogP contribution in [0.25, 0.3) is 0 Å². The van der Waals surface area contributed by atoms with Crippen LogP contribution in [0, 0.1) is 39.5 Å². The van der Waals surface area contributed by atoms with E-state index in [1.165, 1.54) is 14.0 Å². The smallest absolute Gasteiger partial charge is 0.235 e. The Labute approximate surface area is 267 Å². The third-order valence-electron chi connectivity index (χ3n) is 8.22. The first-order valence-electron chi connectivity index (χ1n) is 14.8. The number of aryl methyl sites for hydroxylation is 4. The molecule has 3 aromatic carbocycles. The van der Waals surface area contributed by atoms with Gasteiger partial charge in [-0.25, -0.2) is 0 Å². The molecule has 44 heavy (non-hydrogen) atoms. The van der Waals surface area contributed by atoms with Gasteiger partial charge in [-0.2, -0.15) is 0 Å². The summed E-state index contributed by atoms with van der Waals surface area (Å²) in [6.07, 6.45) is 0.411. The molecule has 4 atom stereocenters. The molecule has 1 aliphatic rings. The number of benzene rings is 3. The monoisotopic (exact) mass is 664 g/mol. The van der Waals surface area contributed by atoms with Crippen LogP contribution in [0.1, 0.15) is 60.4 Å². The summed E-state index contributed by atoms with van der Waals surface area (Å²) in [6.45, 7) is 11.5. The summed E-state index contributed by atoms with van der Waals surface area (Å²) in [7, 11) is 1.50. The van der Waals surface area contributed by atoms with Crippen LogP contribution in [0.15, 0.2) is 53.0 Å².